The maximum atomic E-state index is 6.15. The van der Waals surface area contributed by atoms with Gasteiger partial charge < -0.3 is 13.6 Å². The average Bonchev–Trinajstić information content (AvgIpc) is 2.60. The third-order valence-electron chi connectivity index (χ3n) is 2.36. The Balaban J connectivity index is 2.98. The molecule has 0 aromatic carbocycles. The highest BCUT2D eigenvalue weighted by Gasteiger charge is 2.28. The first-order chi connectivity index (χ1) is 8.62. The topological polar surface area (TPSA) is 27.7 Å². The van der Waals surface area contributed by atoms with Crippen molar-refractivity contribution in [2.75, 3.05) is 6.61 Å². The van der Waals surface area contributed by atoms with Gasteiger partial charge in [-0.3, -0.25) is 0 Å². The van der Waals surface area contributed by atoms with Crippen LogP contribution in [0.15, 0.2) is 23.4 Å². The van der Waals surface area contributed by atoms with Crippen LogP contribution in [0.5, 0.6) is 0 Å². The Kier molecular flexibility index (Phi) is 5.32. The van der Waals surface area contributed by atoms with Gasteiger partial charge in [0, 0.05) is 0 Å². The zero-order valence-electron chi connectivity index (χ0n) is 13.4. The van der Waals surface area contributed by atoms with E-state index in [-0.39, 0.29) is 0 Å². The summed E-state index contributed by atoms with van der Waals surface area (Å²) in [5, 5.41) is 0. The predicted octanol–water partition coefficient (Wildman–Crippen LogP) is 4.62. The van der Waals surface area contributed by atoms with E-state index < -0.39 is 16.6 Å². The van der Waals surface area contributed by atoms with Gasteiger partial charge in [-0.05, 0) is 65.1 Å². The second-order valence-corrected chi connectivity index (χ2v) is 15.6. The van der Waals surface area contributed by atoms with E-state index in [1.165, 1.54) is 0 Å². The number of ether oxygens (including phenoxy) is 1. The SMILES string of the molecule is CCO/C(O[Si](C)(C)C)=C1\CCC=C1O[Si](C)(C)C. The smallest absolute Gasteiger partial charge is 0.272 e. The molecule has 0 radical (unpaired) electrons. The van der Waals surface area contributed by atoms with Gasteiger partial charge in [0.15, 0.2) is 0 Å². The van der Waals surface area contributed by atoms with E-state index in [0.717, 1.165) is 24.2 Å². The minimum absolute atomic E-state index is 0.629. The summed E-state index contributed by atoms with van der Waals surface area (Å²) in [6.45, 7) is 15.7. The van der Waals surface area contributed by atoms with Crippen LogP contribution in [0.3, 0.4) is 0 Å². The van der Waals surface area contributed by atoms with Crippen LogP contribution in [0.1, 0.15) is 19.8 Å². The van der Waals surface area contributed by atoms with E-state index in [1.807, 2.05) is 6.92 Å². The van der Waals surface area contributed by atoms with Gasteiger partial charge in [0.1, 0.15) is 5.76 Å². The van der Waals surface area contributed by atoms with Gasteiger partial charge in [0.25, 0.3) is 5.95 Å². The molecule has 3 nitrogen and oxygen atoms in total. The molecule has 1 aliphatic rings. The summed E-state index contributed by atoms with van der Waals surface area (Å²) in [6, 6.07) is 0. The lowest BCUT2D eigenvalue weighted by atomic mass is 10.2. The Bertz CT molecular complexity index is 373. The molecule has 0 aliphatic heterocycles. The summed E-state index contributed by atoms with van der Waals surface area (Å²) in [4.78, 5) is 0. The maximum absolute atomic E-state index is 6.15. The van der Waals surface area contributed by atoms with E-state index in [4.69, 9.17) is 13.6 Å². The summed E-state index contributed by atoms with van der Waals surface area (Å²) < 4.78 is 18.0. The summed E-state index contributed by atoms with van der Waals surface area (Å²) in [5.41, 5.74) is 1.12. The lowest BCUT2D eigenvalue weighted by Gasteiger charge is -2.26. The normalized spacial score (nSPS) is 19.0. The Morgan fingerprint density at radius 3 is 2.21 bits per heavy atom. The van der Waals surface area contributed by atoms with Gasteiger partial charge in [-0.15, -0.1) is 0 Å². The molecular weight excluding hydrogens is 272 g/mol. The first-order valence-electron chi connectivity index (χ1n) is 7.07. The second kappa shape index (κ2) is 6.18. The molecule has 0 saturated carbocycles. The van der Waals surface area contributed by atoms with Gasteiger partial charge >= 0.3 is 0 Å². The van der Waals surface area contributed by atoms with E-state index >= 15 is 0 Å². The van der Waals surface area contributed by atoms with Crippen LogP contribution in [-0.2, 0) is 13.6 Å². The largest absolute Gasteiger partial charge is 0.544 e. The van der Waals surface area contributed by atoms with E-state index in [0.29, 0.717) is 12.6 Å². The zero-order chi connectivity index (χ0) is 14.7. The van der Waals surface area contributed by atoms with Crippen molar-refractivity contribution in [3.8, 4) is 0 Å². The molecule has 0 bridgehead atoms. The molecule has 5 heteroatoms. The lowest BCUT2D eigenvalue weighted by Crippen LogP contribution is -2.28. The van der Waals surface area contributed by atoms with Crippen molar-refractivity contribution < 1.29 is 13.6 Å². The fourth-order valence-electron chi connectivity index (χ4n) is 1.82. The molecule has 0 fully saturated rings. The second-order valence-electron chi connectivity index (χ2n) is 6.73. The van der Waals surface area contributed by atoms with E-state index in [9.17, 15) is 0 Å². The fraction of sp³-hybridized carbons (Fsp3) is 0.714. The van der Waals surface area contributed by atoms with Gasteiger partial charge in [-0.1, -0.05) is 0 Å². The molecule has 0 N–H and O–H groups in total. The molecule has 0 saturated heterocycles. The van der Waals surface area contributed by atoms with Gasteiger partial charge in [0.05, 0.1) is 12.2 Å². The van der Waals surface area contributed by atoms with Crippen LogP contribution in [0.25, 0.3) is 0 Å². The Morgan fingerprint density at radius 1 is 1.11 bits per heavy atom. The Labute approximate surface area is 119 Å². The monoisotopic (exact) mass is 300 g/mol. The van der Waals surface area contributed by atoms with Crippen LogP contribution < -0.4 is 0 Å². The first kappa shape index (κ1) is 16.4. The van der Waals surface area contributed by atoms with Crippen molar-refractivity contribution in [1.29, 1.82) is 0 Å². The molecule has 1 rings (SSSR count). The molecule has 0 heterocycles. The lowest BCUT2D eigenvalue weighted by molar-refractivity contribution is 0.106. The number of hydrogen-bond donors (Lipinski definition) is 0. The van der Waals surface area contributed by atoms with Gasteiger partial charge in [-0.25, -0.2) is 0 Å². The van der Waals surface area contributed by atoms with Crippen LogP contribution in [0.2, 0.25) is 39.3 Å². The van der Waals surface area contributed by atoms with Crippen LogP contribution in [-0.4, -0.2) is 23.2 Å². The summed E-state index contributed by atoms with van der Waals surface area (Å²) in [5.74, 6) is 1.68. The molecule has 110 valence electrons. The third kappa shape index (κ3) is 5.86. The summed E-state index contributed by atoms with van der Waals surface area (Å²) in [7, 11) is -3.26. The van der Waals surface area contributed by atoms with Crippen molar-refractivity contribution in [2.45, 2.75) is 59.0 Å². The zero-order valence-corrected chi connectivity index (χ0v) is 15.4. The van der Waals surface area contributed by atoms with Gasteiger partial charge in [0.2, 0.25) is 16.6 Å². The van der Waals surface area contributed by atoms with E-state index in [2.05, 4.69) is 45.4 Å². The molecule has 0 atom stereocenters. The first-order valence-corrected chi connectivity index (χ1v) is 13.9. The van der Waals surface area contributed by atoms with Crippen molar-refractivity contribution in [3.63, 3.8) is 0 Å². The van der Waals surface area contributed by atoms with E-state index in [1.54, 1.807) is 0 Å². The Hall–Kier alpha value is -0.686. The summed E-state index contributed by atoms with van der Waals surface area (Å²) >= 11 is 0. The van der Waals surface area contributed by atoms with Crippen LogP contribution in [0, 0.1) is 0 Å². The molecular formula is C14H28O3Si2. The highest BCUT2D eigenvalue weighted by Crippen LogP contribution is 2.33. The van der Waals surface area contributed by atoms with Crippen LogP contribution >= 0.6 is 0 Å². The molecule has 1 aliphatic carbocycles. The van der Waals surface area contributed by atoms with Crippen molar-refractivity contribution in [2.24, 2.45) is 0 Å². The van der Waals surface area contributed by atoms with Crippen molar-refractivity contribution in [3.05, 3.63) is 23.4 Å². The third-order valence-corrected chi connectivity index (χ3v) is 3.99. The minimum atomic E-state index is -1.67. The number of hydrogen-bond acceptors (Lipinski definition) is 3. The Morgan fingerprint density at radius 2 is 1.74 bits per heavy atom. The quantitative estimate of drug-likeness (QED) is 0.529. The van der Waals surface area contributed by atoms with Crippen molar-refractivity contribution >= 4 is 16.6 Å². The highest BCUT2D eigenvalue weighted by atomic mass is 28.4. The molecule has 0 spiro atoms. The highest BCUT2D eigenvalue weighted by molar-refractivity contribution is 6.70. The van der Waals surface area contributed by atoms with Crippen LogP contribution in [0.4, 0.5) is 0 Å². The van der Waals surface area contributed by atoms with Gasteiger partial charge in [-0.2, -0.15) is 0 Å². The predicted molar refractivity (Wildman–Crippen MR) is 84.8 cm³/mol. The average molecular weight is 301 g/mol. The maximum Gasteiger partial charge on any atom is 0.272 e. The molecule has 19 heavy (non-hydrogen) atoms. The minimum Gasteiger partial charge on any atom is -0.544 e. The van der Waals surface area contributed by atoms with Crippen molar-refractivity contribution in [1.82, 2.24) is 0 Å². The fourth-order valence-corrected chi connectivity index (χ4v) is 3.42. The number of allylic oxidation sites excluding steroid dienone is 2. The molecule has 0 unspecified atom stereocenters. The summed E-state index contributed by atoms with van der Waals surface area (Å²) in [6.07, 6.45) is 4.14. The number of rotatable bonds is 6. The molecule has 0 aromatic heterocycles. The standard InChI is InChI=1S/C14H28O3Si2/c1-8-15-14(17-19(5,6)7)12-10-9-11-13(12)16-18(2,3)4/h11H,8-10H2,1-7H3/b14-12-. The molecule has 0 aromatic rings. The molecule has 0 amide bonds.